The number of nitrogens with one attached hydrogen (secondary N) is 1. The fraction of sp³-hybridized carbons (Fsp3) is 0.316. The van der Waals surface area contributed by atoms with Gasteiger partial charge in [-0.1, -0.05) is 25.1 Å². The Morgan fingerprint density at radius 1 is 1.26 bits per heavy atom. The first-order valence-electron chi connectivity index (χ1n) is 7.81. The Kier molecular flexibility index (Phi) is 3.76. The smallest absolute Gasteiger partial charge is 0.341 e. The lowest BCUT2D eigenvalue weighted by Crippen LogP contribution is -2.17. The van der Waals surface area contributed by atoms with Crippen LogP contribution >= 0.6 is 0 Å². The molecule has 2 aromatic rings. The molecule has 0 radical (unpaired) electrons. The number of carbonyl (C=O) groups excluding carboxylic acids is 1. The first-order chi connectivity index (χ1) is 11.0. The molecule has 1 unspecified atom stereocenters. The predicted molar refractivity (Wildman–Crippen MR) is 90.8 cm³/mol. The van der Waals surface area contributed by atoms with Gasteiger partial charge in [0, 0.05) is 22.9 Å². The van der Waals surface area contributed by atoms with Crippen LogP contribution in [-0.2, 0) is 4.74 Å². The van der Waals surface area contributed by atoms with Crippen molar-refractivity contribution >= 4 is 17.3 Å². The molecule has 4 heteroatoms. The molecule has 23 heavy (non-hydrogen) atoms. The predicted octanol–water partition coefficient (Wildman–Crippen LogP) is 4.39. The number of para-hydroxylation sites is 1. The van der Waals surface area contributed by atoms with Gasteiger partial charge >= 0.3 is 5.97 Å². The van der Waals surface area contributed by atoms with E-state index in [9.17, 15) is 9.90 Å². The number of methoxy groups -OCH3 is 1. The summed E-state index contributed by atoms with van der Waals surface area (Å²) in [6.45, 7) is 5.89. The van der Waals surface area contributed by atoms with Crippen LogP contribution in [0.1, 0.15) is 51.9 Å². The van der Waals surface area contributed by atoms with Gasteiger partial charge in [-0.2, -0.15) is 0 Å². The normalized spacial score (nSPS) is 15.4. The lowest BCUT2D eigenvalue weighted by molar-refractivity contribution is 0.0596. The van der Waals surface area contributed by atoms with Gasteiger partial charge in [0.25, 0.3) is 0 Å². The third-order valence-electron chi connectivity index (χ3n) is 4.82. The number of fused-ring (bicyclic) bond motifs is 2. The summed E-state index contributed by atoms with van der Waals surface area (Å²) < 4.78 is 4.86. The van der Waals surface area contributed by atoms with Crippen molar-refractivity contribution in [3.8, 4) is 5.75 Å². The van der Waals surface area contributed by atoms with Crippen molar-refractivity contribution in [2.45, 2.75) is 33.1 Å². The molecule has 0 fully saturated rings. The van der Waals surface area contributed by atoms with E-state index in [0.717, 1.165) is 40.0 Å². The van der Waals surface area contributed by atoms with Crippen LogP contribution in [0, 0.1) is 13.8 Å². The van der Waals surface area contributed by atoms with Gasteiger partial charge in [0.05, 0.1) is 7.11 Å². The summed E-state index contributed by atoms with van der Waals surface area (Å²) in [7, 11) is 1.33. The Hall–Kier alpha value is -2.49. The van der Waals surface area contributed by atoms with Gasteiger partial charge in [0.15, 0.2) is 0 Å². The van der Waals surface area contributed by atoms with Gasteiger partial charge in [-0.05, 0) is 43.0 Å². The number of anilines is 2. The van der Waals surface area contributed by atoms with Gasteiger partial charge in [-0.25, -0.2) is 4.79 Å². The second-order valence-corrected chi connectivity index (χ2v) is 5.93. The van der Waals surface area contributed by atoms with Crippen molar-refractivity contribution in [2.75, 3.05) is 12.4 Å². The quantitative estimate of drug-likeness (QED) is 0.807. The molecule has 1 heterocycles. The third kappa shape index (κ3) is 2.17. The van der Waals surface area contributed by atoms with Gasteiger partial charge in [0.1, 0.15) is 11.3 Å². The lowest BCUT2D eigenvalue weighted by atomic mass is 9.80. The zero-order valence-electron chi connectivity index (χ0n) is 13.9. The topological polar surface area (TPSA) is 58.6 Å². The van der Waals surface area contributed by atoms with Crippen LogP contribution in [0.4, 0.5) is 11.4 Å². The molecule has 0 bridgehead atoms. The Bertz CT molecular complexity index is 796. The molecule has 1 aliphatic rings. The number of aromatic hydroxyl groups is 1. The first kappa shape index (κ1) is 15.4. The molecular weight excluding hydrogens is 290 g/mol. The van der Waals surface area contributed by atoms with Gasteiger partial charge in [-0.3, -0.25) is 0 Å². The van der Waals surface area contributed by atoms with Crippen LogP contribution in [0.25, 0.3) is 0 Å². The minimum atomic E-state index is -0.500. The highest BCUT2D eigenvalue weighted by Gasteiger charge is 2.32. The second-order valence-electron chi connectivity index (χ2n) is 5.93. The summed E-state index contributed by atoms with van der Waals surface area (Å²) in [5, 5.41) is 14.3. The molecule has 0 aromatic heterocycles. The highest BCUT2D eigenvalue weighted by molar-refractivity contribution is 5.97. The molecule has 1 atom stereocenters. The van der Waals surface area contributed by atoms with Crippen LogP contribution in [0.3, 0.4) is 0 Å². The average molecular weight is 311 g/mol. The highest BCUT2D eigenvalue weighted by atomic mass is 16.5. The highest BCUT2D eigenvalue weighted by Crippen LogP contribution is 2.50. The molecule has 4 nitrogen and oxygen atoms in total. The molecule has 0 saturated carbocycles. The number of phenolic OH excluding ortho intramolecular Hbond substituents is 1. The van der Waals surface area contributed by atoms with Crippen LogP contribution in [0.15, 0.2) is 24.3 Å². The molecule has 0 saturated heterocycles. The van der Waals surface area contributed by atoms with E-state index in [1.807, 2.05) is 32.0 Å². The van der Waals surface area contributed by atoms with Crippen LogP contribution in [-0.4, -0.2) is 18.2 Å². The van der Waals surface area contributed by atoms with Crippen molar-refractivity contribution in [1.29, 1.82) is 0 Å². The van der Waals surface area contributed by atoms with Crippen molar-refractivity contribution in [3.05, 3.63) is 52.1 Å². The standard InChI is InChI=1S/C19H21NO3/c1-5-12-13-8-6-7-9-14(13)20-17-11(3)10(2)15(19(22)23-4)18(21)16(12)17/h6-9,12,20-21H,5H2,1-4H3. The van der Waals surface area contributed by atoms with E-state index in [0.29, 0.717) is 0 Å². The Labute approximate surface area is 136 Å². The van der Waals surface area contributed by atoms with E-state index in [1.54, 1.807) is 0 Å². The monoisotopic (exact) mass is 311 g/mol. The van der Waals surface area contributed by atoms with E-state index in [2.05, 4.69) is 18.3 Å². The molecule has 2 aromatic carbocycles. The molecule has 0 aliphatic carbocycles. The van der Waals surface area contributed by atoms with Crippen molar-refractivity contribution in [1.82, 2.24) is 0 Å². The number of hydrogen-bond acceptors (Lipinski definition) is 4. The molecule has 0 spiro atoms. The van der Waals surface area contributed by atoms with E-state index < -0.39 is 5.97 Å². The van der Waals surface area contributed by atoms with E-state index >= 15 is 0 Å². The summed E-state index contributed by atoms with van der Waals surface area (Å²) >= 11 is 0. The summed E-state index contributed by atoms with van der Waals surface area (Å²) in [6, 6.07) is 8.09. The SMILES string of the molecule is CCC1c2ccccc2Nc2c(C)c(C)c(C(=O)OC)c(O)c21. The Balaban J connectivity index is 2.33. The van der Waals surface area contributed by atoms with Crippen LogP contribution in [0.5, 0.6) is 5.75 Å². The lowest BCUT2D eigenvalue weighted by Gasteiger charge is -2.32. The Morgan fingerprint density at radius 2 is 1.96 bits per heavy atom. The molecule has 3 rings (SSSR count). The fourth-order valence-corrected chi connectivity index (χ4v) is 3.49. The van der Waals surface area contributed by atoms with Gasteiger partial charge in [-0.15, -0.1) is 0 Å². The van der Waals surface area contributed by atoms with Crippen LogP contribution < -0.4 is 5.32 Å². The molecule has 1 aliphatic heterocycles. The minimum Gasteiger partial charge on any atom is -0.507 e. The fourth-order valence-electron chi connectivity index (χ4n) is 3.49. The maximum atomic E-state index is 12.1. The molecule has 120 valence electrons. The minimum absolute atomic E-state index is 0.0313. The summed E-state index contributed by atoms with van der Waals surface area (Å²) in [4.78, 5) is 12.1. The number of phenols is 1. The molecule has 2 N–H and O–H groups in total. The third-order valence-corrected chi connectivity index (χ3v) is 4.82. The number of hydrogen-bond donors (Lipinski definition) is 2. The van der Waals surface area contributed by atoms with Crippen molar-refractivity contribution < 1.29 is 14.6 Å². The number of rotatable bonds is 2. The Morgan fingerprint density at radius 3 is 2.61 bits per heavy atom. The van der Waals surface area contributed by atoms with Gasteiger partial charge < -0.3 is 15.2 Å². The zero-order chi connectivity index (χ0) is 16.7. The van der Waals surface area contributed by atoms with E-state index in [4.69, 9.17) is 4.74 Å². The first-order valence-corrected chi connectivity index (χ1v) is 7.81. The molecular formula is C19H21NO3. The number of esters is 1. The van der Waals surface area contributed by atoms with Crippen molar-refractivity contribution in [3.63, 3.8) is 0 Å². The van der Waals surface area contributed by atoms with Crippen molar-refractivity contribution in [2.24, 2.45) is 0 Å². The zero-order valence-corrected chi connectivity index (χ0v) is 13.9. The van der Waals surface area contributed by atoms with E-state index in [-0.39, 0.29) is 17.2 Å². The maximum Gasteiger partial charge on any atom is 0.341 e. The number of ether oxygens (including phenoxy) is 1. The second kappa shape index (κ2) is 5.61. The number of carbonyl (C=O) groups is 1. The molecule has 0 amide bonds. The van der Waals surface area contributed by atoms with E-state index in [1.165, 1.54) is 7.11 Å². The van der Waals surface area contributed by atoms with Crippen LogP contribution in [0.2, 0.25) is 0 Å². The maximum absolute atomic E-state index is 12.1. The summed E-state index contributed by atoms with van der Waals surface area (Å²) in [5.41, 5.74) is 5.86. The average Bonchev–Trinajstić information content (AvgIpc) is 2.57. The largest absolute Gasteiger partial charge is 0.507 e. The van der Waals surface area contributed by atoms with Gasteiger partial charge in [0.2, 0.25) is 0 Å². The summed E-state index contributed by atoms with van der Waals surface area (Å²) in [6.07, 6.45) is 0.836. The number of benzene rings is 2. The summed E-state index contributed by atoms with van der Waals surface area (Å²) in [5.74, 6) is -0.423.